The number of para-hydroxylation sites is 1. The smallest absolute Gasteiger partial charge is 0.164 e. The summed E-state index contributed by atoms with van der Waals surface area (Å²) < 4.78 is 0. The van der Waals surface area contributed by atoms with Crippen molar-refractivity contribution < 1.29 is 130 Å². The normalized spacial score (nSPS) is 10.9. The summed E-state index contributed by atoms with van der Waals surface area (Å²) >= 11 is 0. The molecule has 0 fully saturated rings. The van der Waals surface area contributed by atoms with E-state index in [0.717, 1.165) is 96.1 Å². The van der Waals surface area contributed by atoms with Gasteiger partial charge in [0.05, 0.1) is 16.8 Å². The molecule has 15 rings (SSSR count). The molecule has 0 aliphatic carbocycles. The number of fused-ring (bicyclic) bond motifs is 2. The van der Waals surface area contributed by atoms with Crippen molar-refractivity contribution in [2.75, 3.05) is 0 Å². The molecule has 15 aromatic rings. The number of hydrogen-bond acceptors (Lipinski definition) is 12. The zero-order chi connectivity index (χ0) is 96.2. The molecule has 0 aliphatic rings. The molecule has 0 atom stereocenters. The Morgan fingerprint density at radius 1 is 0.360 bits per heavy atom. The van der Waals surface area contributed by atoms with Crippen molar-refractivity contribution in [1.82, 2.24) is 29.9 Å². The largest absolute Gasteiger partial charge is 0.512 e. The number of hydrogen-bond donors (Lipinski definition) is 3. The van der Waals surface area contributed by atoms with Gasteiger partial charge < -0.3 is 35.3 Å². The number of aliphatic hydroxyl groups is 3. The molecule has 0 saturated heterocycles. The van der Waals surface area contributed by atoms with Gasteiger partial charge in [-0.1, -0.05) is 265 Å². The van der Waals surface area contributed by atoms with E-state index in [4.69, 9.17) is 15.1 Å². The van der Waals surface area contributed by atoms with Crippen molar-refractivity contribution in [3.05, 3.63) is 408 Å². The number of carbonyl (C=O) groups is 3. The topological polar surface area (TPSA) is 189 Å². The fourth-order valence-electron chi connectivity index (χ4n) is 12.7. The van der Waals surface area contributed by atoms with Crippen LogP contribution in [0.15, 0.2) is 321 Å². The number of aryl methyl sites for hydroxylation is 8. The molecule has 12 nitrogen and oxygen atoms in total. The first-order valence-electron chi connectivity index (χ1n) is 44.2. The number of nitrogens with zero attached hydrogens (tertiary/aromatic N) is 6. The Hall–Kier alpha value is -10.7. The van der Waals surface area contributed by atoms with Crippen LogP contribution >= 0.6 is 0 Å². The second-order valence-corrected chi connectivity index (χ2v) is 36.8. The molecule has 0 aliphatic heterocycles. The van der Waals surface area contributed by atoms with E-state index in [9.17, 15) is 24.6 Å². The average Bonchev–Trinajstić information content (AvgIpc) is 0.771. The quantitative estimate of drug-likeness (QED) is 0.0597. The van der Waals surface area contributed by atoms with Gasteiger partial charge in [0.25, 0.3) is 0 Å². The predicted molar refractivity (Wildman–Crippen MR) is 544 cm³/mol. The summed E-state index contributed by atoms with van der Waals surface area (Å²) in [6.07, 6.45) is 12.3. The molecule has 0 bridgehead atoms. The van der Waals surface area contributed by atoms with Crippen LogP contribution in [0.1, 0.15) is 161 Å². The van der Waals surface area contributed by atoms with Gasteiger partial charge in [0, 0.05) is 176 Å². The van der Waals surface area contributed by atoms with Crippen molar-refractivity contribution >= 4 is 39.2 Å². The van der Waals surface area contributed by atoms with Gasteiger partial charge in [-0.05, 0) is 127 Å². The van der Waals surface area contributed by atoms with Crippen LogP contribution in [-0.2, 0) is 121 Å². The molecule has 17 heteroatoms. The van der Waals surface area contributed by atoms with E-state index in [1.165, 1.54) is 92.9 Å². The van der Waals surface area contributed by atoms with Gasteiger partial charge in [-0.3, -0.25) is 24.4 Å². The van der Waals surface area contributed by atoms with Crippen LogP contribution in [0, 0.1) is 119 Å². The minimum absolute atomic E-state index is 0. The Balaban J connectivity index is 0.000000522. The van der Waals surface area contributed by atoms with E-state index in [1.54, 1.807) is 12.4 Å². The number of allylic oxidation sites excluding steroid dienone is 6. The van der Waals surface area contributed by atoms with Crippen LogP contribution < -0.4 is 0 Å². The zero-order valence-electron chi connectivity index (χ0n) is 82.6. The fourth-order valence-corrected chi connectivity index (χ4v) is 12.7. The summed E-state index contributed by atoms with van der Waals surface area (Å²) in [5, 5.41) is 29.9. The maximum Gasteiger partial charge on any atom is 0.164 e. The van der Waals surface area contributed by atoms with Crippen LogP contribution in [0.4, 0.5) is 0 Å². The minimum Gasteiger partial charge on any atom is -0.512 e. The van der Waals surface area contributed by atoms with Crippen molar-refractivity contribution in [2.24, 2.45) is 27.6 Å². The first-order valence-corrected chi connectivity index (χ1v) is 44.2. The van der Waals surface area contributed by atoms with Crippen LogP contribution in [0.25, 0.3) is 100 Å². The van der Waals surface area contributed by atoms with E-state index >= 15 is 0 Å². The average molecular weight is 2700 g/mol. The molecule has 0 amide bonds. The second kappa shape index (κ2) is 59.4. The Labute approximate surface area is 877 Å². The molecule has 0 spiro atoms. The van der Waals surface area contributed by atoms with E-state index in [-0.39, 0.29) is 146 Å². The third kappa shape index (κ3) is 42.1. The van der Waals surface area contributed by atoms with Gasteiger partial charge in [0.2, 0.25) is 0 Å². The van der Waals surface area contributed by atoms with Crippen LogP contribution in [0.3, 0.4) is 0 Å². The standard InChI is InChI=1S/C21H22N.C18H14N.C17H14N.3C12H10N.2C11H20O2.C5H8O2.5Ir/c1-14(2)10-17-6-5-7-21-19(17)8-9-20(22-21)18-12-15(3)11-16(4)13-18;1-14-12-18(16-10-6-3-7-11-16)19-13-17(14)15-8-4-2-5-9-15;1-12-9-13(2)11-15(10-12)17-8-7-14-5-3-4-6-16(14)18-17;2*1-10-6-2-3-7-11(10)12-8-4-5-9-13-12;1-10-7-8-13-12(9-10)11-5-3-2-4-6-11;2*1-10(2,3)8(12)7-9(13)11(4,5)6;1-4(6)3-5(2)7;;;;;/h5-9,11-12,14H,10H2,1-4H3;2-10,12-13H,1H3;3-10H,1-2H3;2*2-6,8-9H,1H3;2-5,7-9H,1H3;2*7,12H,1-6H3;3,6H,1-2H3;;;;;/q6*-1;;;;;;;;. The number of rotatable bonds is 12. The molecule has 721 valence electrons. The number of aromatic nitrogens is 6. The number of aliphatic hydroxyl groups excluding tert-OH is 3. The molecule has 5 radical (unpaired) electrons. The molecule has 136 heavy (non-hydrogen) atoms. The molecule has 3 N–H and O–H groups in total. The molecule has 6 heterocycles. The van der Waals surface area contributed by atoms with Crippen LogP contribution in [0.5, 0.6) is 0 Å². The summed E-state index contributed by atoms with van der Waals surface area (Å²) in [5.41, 5.74) is 26.3. The Bertz CT molecular complexity index is 6120. The SMILES string of the molecule is CC(=O)C=C(C)O.CC(C)(C)C(=O)C=C(O)C(C)(C)C.CC(C)(C)C(=O)C=C(O)C(C)(C)C.Cc1[c-]c(-c2ccc3c(CC(C)C)cccc3n2)cc(C)c1.Cc1[c-]c(-c2ccc3ccccc3n2)cc(C)c1.Cc1cc(-c2[c-]cccc2)ncc1-c1ccccc1.Cc1ccc[c-]c1-c1ccccn1.Cc1ccc[c-]c1-c1ccccn1.Cc1ccnc(-c2[c-]cccc2)c1.[Ir].[Ir].[Ir].[Ir].[Ir]. The maximum absolute atomic E-state index is 11.5. The van der Waals surface area contributed by atoms with E-state index in [0.29, 0.717) is 5.92 Å². The summed E-state index contributed by atoms with van der Waals surface area (Å²) in [4.78, 5) is 59.9. The Morgan fingerprint density at radius 2 is 0.794 bits per heavy atom. The minimum atomic E-state index is -0.417. The third-order valence-electron chi connectivity index (χ3n) is 19.9. The van der Waals surface area contributed by atoms with Gasteiger partial charge in [0.1, 0.15) is 11.5 Å². The molecule has 9 aromatic carbocycles. The summed E-state index contributed by atoms with van der Waals surface area (Å²) in [6.45, 7) is 46.3. The zero-order valence-corrected chi connectivity index (χ0v) is 94.5. The van der Waals surface area contributed by atoms with Crippen LogP contribution in [-0.4, -0.2) is 62.6 Å². The summed E-state index contributed by atoms with van der Waals surface area (Å²) in [6, 6.07) is 107. The van der Waals surface area contributed by atoms with Gasteiger partial charge in [0.15, 0.2) is 17.3 Å². The fraction of sp³-hybridized carbons (Fsp3) is 0.252. The van der Waals surface area contributed by atoms with Crippen LogP contribution in [0.2, 0.25) is 0 Å². The summed E-state index contributed by atoms with van der Waals surface area (Å²) in [7, 11) is 0. The monoisotopic (exact) mass is 2700 g/mol. The van der Waals surface area contributed by atoms with Gasteiger partial charge in [-0.25, -0.2) is 0 Å². The first-order chi connectivity index (χ1) is 61.9. The van der Waals surface area contributed by atoms with E-state index < -0.39 is 10.8 Å². The van der Waals surface area contributed by atoms with E-state index in [2.05, 4.69) is 235 Å². The molecular formula is C119H128Ir5N6O6-6. The van der Waals surface area contributed by atoms with E-state index in [1.807, 2.05) is 247 Å². The predicted octanol–water partition coefficient (Wildman–Crippen LogP) is 30.1. The number of pyridine rings is 6. The van der Waals surface area contributed by atoms with Crippen molar-refractivity contribution in [3.8, 4) is 78.7 Å². The Kier molecular flexibility index (Phi) is 53.0. The molecule has 0 saturated carbocycles. The molecule has 6 aromatic heterocycles. The van der Waals surface area contributed by atoms with Crippen molar-refractivity contribution in [1.29, 1.82) is 0 Å². The number of ketones is 3. The molecular weight excluding hydrogens is 2570 g/mol. The van der Waals surface area contributed by atoms with Gasteiger partial charge in [-0.15, -0.1) is 212 Å². The third-order valence-corrected chi connectivity index (χ3v) is 19.9. The first kappa shape index (κ1) is 121. The molecule has 0 unspecified atom stereocenters. The second-order valence-electron chi connectivity index (χ2n) is 36.8. The number of carbonyl (C=O) groups excluding carboxylic acids is 3. The van der Waals surface area contributed by atoms with Gasteiger partial charge >= 0.3 is 0 Å². The van der Waals surface area contributed by atoms with Crippen molar-refractivity contribution in [3.63, 3.8) is 0 Å². The van der Waals surface area contributed by atoms with Crippen molar-refractivity contribution in [2.45, 2.75) is 173 Å². The number of benzene rings is 9. The Morgan fingerprint density at radius 3 is 1.20 bits per heavy atom. The maximum atomic E-state index is 11.5. The van der Waals surface area contributed by atoms with Gasteiger partial charge in [-0.2, -0.15) is 0 Å². The summed E-state index contributed by atoms with van der Waals surface area (Å²) in [5.74, 6) is 0.797.